The number of hydrogen-bond donors (Lipinski definition) is 0. The molecule has 0 aliphatic rings. The highest BCUT2D eigenvalue weighted by molar-refractivity contribution is 4.81. The summed E-state index contributed by atoms with van der Waals surface area (Å²) in [5.41, 5.74) is 0. The Hall–Kier alpha value is -0.720. The van der Waals surface area contributed by atoms with Gasteiger partial charge in [0.05, 0.1) is 12.9 Å². The van der Waals surface area contributed by atoms with E-state index in [0.29, 0.717) is 0 Å². The van der Waals surface area contributed by atoms with Crippen LogP contribution >= 0.6 is 0 Å². The summed E-state index contributed by atoms with van der Waals surface area (Å²) in [5, 5.41) is 0. The summed E-state index contributed by atoms with van der Waals surface area (Å²) in [6.45, 7) is 6.11. The summed E-state index contributed by atoms with van der Waals surface area (Å²) in [6, 6.07) is 0. The van der Waals surface area contributed by atoms with Crippen LogP contribution in [0.25, 0.3) is 0 Å². The molecule has 1 heteroatoms. The SMILES string of the molecule is C=C(CCCCCCCCC/C=C\CCCCC)OC. The highest BCUT2D eigenvalue weighted by Gasteiger charge is 1.94. The molecule has 20 heavy (non-hydrogen) atoms. The molecule has 0 rings (SSSR count). The van der Waals surface area contributed by atoms with Gasteiger partial charge in [-0.05, 0) is 32.1 Å². The van der Waals surface area contributed by atoms with Crippen molar-refractivity contribution in [2.24, 2.45) is 0 Å². The van der Waals surface area contributed by atoms with Crippen molar-refractivity contribution in [1.82, 2.24) is 0 Å². The molecular weight excluding hydrogens is 244 g/mol. The van der Waals surface area contributed by atoms with E-state index >= 15 is 0 Å². The molecule has 0 radical (unpaired) electrons. The Morgan fingerprint density at radius 1 is 0.800 bits per heavy atom. The van der Waals surface area contributed by atoms with E-state index in [0.717, 1.165) is 12.2 Å². The van der Waals surface area contributed by atoms with Crippen LogP contribution in [0.3, 0.4) is 0 Å². The van der Waals surface area contributed by atoms with Gasteiger partial charge >= 0.3 is 0 Å². The van der Waals surface area contributed by atoms with Gasteiger partial charge in [0.1, 0.15) is 0 Å². The van der Waals surface area contributed by atoms with Gasteiger partial charge in [-0.25, -0.2) is 0 Å². The summed E-state index contributed by atoms with van der Waals surface area (Å²) in [7, 11) is 1.71. The normalized spacial score (nSPS) is 11.1. The number of methoxy groups -OCH3 is 1. The molecule has 0 saturated carbocycles. The minimum absolute atomic E-state index is 0.927. The smallest absolute Gasteiger partial charge is 0.0883 e. The molecule has 0 aromatic heterocycles. The van der Waals surface area contributed by atoms with Gasteiger partial charge in [0.2, 0.25) is 0 Å². The number of rotatable bonds is 15. The first-order valence-corrected chi connectivity index (χ1v) is 8.68. The minimum atomic E-state index is 0.927. The molecule has 1 nitrogen and oxygen atoms in total. The summed E-state index contributed by atoms with van der Waals surface area (Å²) in [4.78, 5) is 0. The number of ether oxygens (including phenoxy) is 1. The van der Waals surface area contributed by atoms with Crippen LogP contribution < -0.4 is 0 Å². The number of unbranched alkanes of at least 4 members (excludes halogenated alkanes) is 10. The molecule has 0 unspecified atom stereocenters. The quantitative estimate of drug-likeness (QED) is 0.182. The number of allylic oxidation sites excluding steroid dienone is 3. The molecule has 0 aromatic rings. The van der Waals surface area contributed by atoms with Crippen molar-refractivity contribution in [1.29, 1.82) is 0 Å². The van der Waals surface area contributed by atoms with Crippen LogP contribution in [0, 0.1) is 0 Å². The lowest BCUT2D eigenvalue weighted by atomic mass is 10.1. The van der Waals surface area contributed by atoms with Crippen LogP contribution in [-0.2, 0) is 4.74 Å². The maximum Gasteiger partial charge on any atom is 0.0883 e. The third kappa shape index (κ3) is 15.3. The molecule has 0 amide bonds. The molecule has 0 aliphatic heterocycles. The first kappa shape index (κ1) is 19.3. The number of hydrogen-bond acceptors (Lipinski definition) is 1. The van der Waals surface area contributed by atoms with Gasteiger partial charge in [0, 0.05) is 6.42 Å². The molecule has 0 aliphatic carbocycles. The van der Waals surface area contributed by atoms with Crippen molar-refractivity contribution in [3.63, 3.8) is 0 Å². The first-order valence-electron chi connectivity index (χ1n) is 8.68. The Kier molecular flexibility index (Phi) is 15.7. The Bertz CT molecular complexity index is 230. The molecule has 0 atom stereocenters. The molecule has 0 spiro atoms. The largest absolute Gasteiger partial charge is 0.502 e. The highest BCUT2D eigenvalue weighted by Crippen LogP contribution is 2.12. The lowest BCUT2D eigenvalue weighted by Crippen LogP contribution is -1.85. The Labute approximate surface area is 127 Å². The predicted molar refractivity (Wildman–Crippen MR) is 91.0 cm³/mol. The van der Waals surface area contributed by atoms with E-state index in [1.54, 1.807) is 7.11 Å². The van der Waals surface area contributed by atoms with Crippen LogP contribution in [0.2, 0.25) is 0 Å². The monoisotopic (exact) mass is 280 g/mol. The second-order valence-electron chi connectivity index (χ2n) is 5.72. The van der Waals surface area contributed by atoms with E-state index < -0.39 is 0 Å². The van der Waals surface area contributed by atoms with Crippen LogP contribution in [0.15, 0.2) is 24.5 Å². The van der Waals surface area contributed by atoms with E-state index in [4.69, 9.17) is 4.74 Å². The van der Waals surface area contributed by atoms with Crippen molar-refractivity contribution in [3.05, 3.63) is 24.5 Å². The predicted octanol–water partition coefficient (Wildman–Crippen LogP) is 6.79. The maximum atomic E-state index is 5.06. The average Bonchev–Trinajstić information content (AvgIpc) is 2.47. The molecule has 0 heterocycles. The third-order valence-electron chi connectivity index (χ3n) is 3.76. The molecule has 0 bridgehead atoms. The van der Waals surface area contributed by atoms with Gasteiger partial charge in [-0.3, -0.25) is 0 Å². The Balaban J connectivity index is 3.07. The topological polar surface area (TPSA) is 9.23 Å². The molecule has 0 aromatic carbocycles. The van der Waals surface area contributed by atoms with Gasteiger partial charge in [0.25, 0.3) is 0 Å². The fraction of sp³-hybridized carbons (Fsp3) is 0.789. The van der Waals surface area contributed by atoms with Crippen molar-refractivity contribution >= 4 is 0 Å². The van der Waals surface area contributed by atoms with Crippen LogP contribution in [0.4, 0.5) is 0 Å². The van der Waals surface area contributed by atoms with Gasteiger partial charge in [-0.15, -0.1) is 0 Å². The zero-order valence-electron chi connectivity index (χ0n) is 14.0. The fourth-order valence-electron chi connectivity index (χ4n) is 2.32. The second-order valence-corrected chi connectivity index (χ2v) is 5.72. The van der Waals surface area contributed by atoms with Crippen molar-refractivity contribution in [3.8, 4) is 0 Å². The second kappa shape index (κ2) is 16.3. The Morgan fingerprint density at radius 3 is 1.85 bits per heavy atom. The van der Waals surface area contributed by atoms with Gasteiger partial charge in [-0.1, -0.05) is 70.6 Å². The fourth-order valence-corrected chi connectivity index (χ4v) is 2.32. The molecule has 118 valence electrons. The highest BCUT2D eigenvalue weighted by atomic mass is 16.5. The van der Waals surface area contributed by atoms with Crippen molar-refractivity contribution < 1.29 is 4.74 Å². The van der Waals surface area contributed by atoms with E-state index in [1.807, 2.05) is 0 Å². The lowest BCUT2D eigenvalue weighted by molar-refractivity contribution is 0.276. The van der Waals surface area contributed by atoms with E-state index in [2.05, 4.69) is 25.7 Å². The summed E-state index contributed by atoms with van der Waals surface area (Å²) in [6.07, 6.45) is 21.9. The van der Waals surface area contributed by atoms with E-state index in [-0.39, 0.29) is 0 Å². The molecule has 0 saturated heterocycles. The summed E-state index contributed by atoms with van der Waals surface area (Å²) >= 11 is 0. The van der Waals surface area contributed by atoms with E-state index in [9.17, 15) is 0 Å². The van der Waals surface area contributed by atoms with Gasteiger partial charge < -0.3 is 4.74 Å². The molecular formula is C19H36O. The summed E-state index contributed by atoms with van der Waals surface area (Å²) in [5.74, 6) is 0.927. The average molecular weight is 280 g/mol. The van der Waals surface area contributed by atoms with Crippen molar-refractivity contribution in [2.75, 3.05) is 7.11 Å². The Morgan fingerprint density at radius 2 is 1.30 bits per heavy atom. The van der Waals surface area contributed by atoms with Gasteiger partial charge in [0.15, 0.2) is 0 Å². The van der Waals surface area contributed by atoms with Crippen molar-refractivity contribution in [2.45, 2.75) is 90.4 Å². The van der Waals surface area contributed by atoms with Crippen LogP contribution in [-0.4, -0.2) is 7.11 Å². The maximum absolute atomic E-state index is 5.06. The minimum Gasteiger partial charge on any atom is -0.502 e. The standard InChI is InChI=1S/C19H36O/c1-4-5-6-7-8-9-10-11-12-13-14-15-16-17-18-19(2)20-3/h8-9H,2,4-7,10-18H2,1,3H3/b9-8-. The van der Waals surface area contributed by atoms with Gasteiger partial charge in [-0.2, -0.15) is 0 Å². The van der Waals surface area contributed by atoms with Crippen LogP contribution in [0.5, 0.6) is 0 Å². The van der Waals surface area contributed by atoms with Crippen LogP contribution in [0.1, 0.15) is 90.4 Å². The lowest BCUT2D eigenvalue weighted by Gasteiger charge is -2.04. The zero-order valence-corrected chi connectivity index (χ0v) is 14.0. The third-order valence-corrected chi connectivity index (χ3v) is 3.76. The molecule has 0 fully saturated rings. The van der Waals surface area contributed by atoms with E-state index in [1.165, 1.54) is 77.0 Å². The zero-order chi connectivity index (χ0) is 14.9. The summed E-state index contributed by atoms with van der Waals surface area (Å²) < 4.78 is 5.06. The first-order chi connectivity index (χ1) is 9.81. The molecule has 0 N–H and O–H groups in total.